The molecule has 0 aliphatic rings. The van der Waals surface area contributed by atoms with Gasteiger partial charge in [0, 0.05) is 17.3 Å². The number of rotatable bonds is 4. The molecule has 138 valence electrons. The largest absolute Gasteiger partial charge is 0.350 e. The van der Waals surface area contributed by atoms with Crippen LogP contribution in [0.3, 0.4) is 0 Å². The molecule has 4 rings (SSSR count). The van der Waals surface area contributed by atoms with Crippen molar-refractivity contribution in [2.75, 3.05) is 0 Å². The molecule has 0 aliphatic heterocycles. The van der Waals surface area contributed by atoms with Gasteiger partial charge in [-0.2, -0.15) is 9.61 Å². The third-order valence-electron chi connectivity index (χ3n) is 4.26. The van der Waals surface area contributed by atoms with Gasteiger partial charge in [0.1, 0.15) is 17.1 Å². The topological polar surface area (TPSA) is 81.3 Å². The van der Waals surface area contributed by atoms with Crippen LogP contribution in [-0.2, 0) is 17.9 Å². The first kappa shape index (κ1) is 17.7. The number of fused-ring (bicyclic) bond motifs is 2. The lowest BCUT2D eigenvalue weighted by molar-refractivity contribution is -0.121. The van der Waals surface area contributed by atoms with Gasteiger partial charge in [0.25, 0.3) is 5.56 Å². The van der Waals surface area contributed by atoms with Crippen molar-refractivity contribution in [3.63, 3.8) is 0 Å². The summed E-state index contributed by atoms with van der Waals surface area (Å²) in [4.78, 5) is 30.3. The van der Waals surface area contributed by atoms with Crippen molar-refractivity contribution >= 4 is 44.8 Å². The fourth-order valence-electron chi connectivity index (χ4n) is 2.96. The number of aromatic nitrogens is 4. The molecule has 0 radical (unpaired) electrons. The number of benzene rings is 1. The van der Waals surface area contributed by atoms with Crippen molar-refractivity contribution in [3.8, 4) is 0 Å². The molecule has 1 N–H and O–H groups in total. The van der Waals surface area contributed by atoms with Crippen LogP contribution in [0.2, 0.25) is 5.02 Å². The Morgan fingerprint density at radius 3 is 2.74 bits per heavy atom. The maximum atomic E-state index is 12.8. The Morgan fingerprint density at radius 1 is 1.26 bits per heavy atom. The molecule has 0 fully saturated rings. The number of carbonyl (C=O) groups excluding carboxylic acids is 1. The second-order valence-electron chi connectivity index (χ2n) is 6.24. The van der Waals surface area contributed by atoms with Gasteiger partial charge in [-0.15, -0.1) is 0 Å². The van der Waals surface area contributed by atoms with Crippen molar-refractivity contribution in [2.24, 2.45) is 0 Å². The van der Waals surface area contributed by atoms with E-state index in [0.717, 1.165) is 16.3 Å². The van der Waals surface area contributed by atoms with E-state index in [4.69, 9.17) is 11.6 Å². The molecule has 3 heterocycles. The summed E-state index contributed by atoms with van der Waals surface area (Å²) >= 11 is 7.23. The predicted octanol–water partition coefficient (Wildman–Crippen LogP) is 2.69. The van der Waals surface area contributed by atoms with Crippen LogP contribution in [0.5, 0.6) is 0 Å². The third kappa shape index (κ3) is 3.33. The molecule has 0 bridgehead atoms. The molecule has 27 heavy (non-hydrogen) atoms. The predicted molar refractivity (Wildman–Crippen MR) is 105 cm³/mol. The van der Waals surface area contributed by atoms with Crippen molar-refractivity contribution in [1.82, 2.24) is 24.5 Å². The van der Waals surface area contributed by atoms with Crippen LogP contribution in [0, 0.1) is 13.8 Å². The summed E-state index contributed by atoms with van der Waals surface area (Å²) in [7, 11) is 0. The summed E-state index contributed by atoms with van der Waals surface area (Å²) in [5.74, 6) is -0.190. The molecule has 0 saturated heterocycles. The number of nitrogens with one attached hydrogen (secondary N) is 1. The quantitative estimate of drug-likeness (QED) is 0.570. The van der Waals surface area contributed by atoms with Gasteiger partial charge < -0.3 is 9.88 Å². The monoisotopic (exact) mass is 401 g/mol. The zero-order chi connectivity index (χ0) is 19.1. The average Bonchev–Trinajstić information content (AvgIpc) is 3.14. The second-order valence-corrected chi connectivity index (χ2v) is 7.84. The van der Waals surface area contributed by atoms with E-state index in [1.807, 2.05) is 32.0 Å². The van der Waals surface area contributed by atoms with Crippen molar-refractivity contribution in [3.05, 3.63) is 62.0 Å². The van der Waals surface area contributed by atoms with Gasteiger partial charge in [-0.05, 0) is 37.6 Å². The maximum Gasteiger partial charge on any atom is 0.299 e. The van der Waals surface area contributed by atoms with E-state index in [2.05, 4.69) is 15.4 Å². The molecule has 1 amide bonds. The van der Waals surface area contributed by atoms with Gasteiger partial charge in [0.2, 0.25) is 10.9 Å². The van der Waals surface area contributed by atoms with Gasteiger partial charge in [-0.25, -0.2) is 4.98 Å². The molecule has 0 atom stereocenters. The van der Waals surface area contributed by atoms with E-state index >= 15 is 0 Å². The molecule has 0 saturated carbocycles. The van der Waals surface area contributed by atoms with E-state index in [0.29, 0.717) is 27.6 Å². The summed E-state index contributed by atoms with van der Waals surface area (Å²) < 4.78 is 2.98. The summed E-state index contributed by atoms with van der Waals surface area (Å²) in [6.45, 7) is 4.11. The molecule has 7 nitrogen and oxygen atoms in total. The van der Waals surface area contributed by atoms with Gasteiger partial charge in [-0.1, -0.05) is 35.1 Å². The lowest BCUT2D eigenvalue weighted by atomic mass is 10.2. The Bertz CT molecular complexity index is 1220. The smallest absolute Gasteiger partial charge is 0.299 e. The van der Waals surface area contributed by atoms with Crippen molar-refractivity contribution in [2.45, 2.75) is 26.9 Å². The molecular weight excluding hydrogens is 386 g/mol. The van der Waals surface area contributed by atoms with Crippen LogP contribution in [0.25, 0.3) is 16.0 Å². The Kier molecular flexibility index (Phi) is 4.45. The number of carbonyl (C=O) groups is 1. The number of hydrogen-bond acceptors (Lipinski definition) is 5. The standard InChI is InChI=1S/C18H16ClN5O2S/c1-10-7-14-16(17(26)24-18(21-14)27-11(2)22-24)23(10)9-15(25)20-8-12-3-5-13(19)6-4-12/h3-7H,8-9H2,1-2H3,(H,20,25). The zero-order valence-corrected chi connectivity index (χ0v) is 16.3. The molecule has 1 aromatic carbocycles. The highest BCUT2D eigenvalue weighted by Crippen LogP contribution is 2.18. The fraction of sp³-hybridized carbons (Fsp3) is 0.222. The number of aryl methyl sites for hydroxylation is 2. The van der Waals surface area contributed by atoms with Crippen LogP contribution in [0.1, 0.15) is 16.3 Å². The number of halogens is 1. The van der Waals surface area contributed by atoms with Crippen LogP contribution >= 0.6 is 22.9 Å². The molecular formula is C18H16ClN5O2S. The SMILES string of the molecule is Cc1nn2c(=O)c3c(cc(C)n3CC(=O)NCc3ccc(Cl)cc3)nc2s1. The Morgan fingerprint density at radius 2 is 2.00 bits per heavy atom. The first-order valence-electron chi connectivity index (χ1n) is 8.30. The molecule has 4 aromatic rings. The van der Waals surface area contributed by atoms with Crippen LogP contribution < -0.4 is 10.9 Å². The zero-order valence-electron chi connectivity index (χ0n) is 14.7. The summed E-state index contributed by atoms with van der Waals surface area (Å²) in [6, 6.07) is 9.09. The highest BCUT2D eigenvalue weighted by atomic mass is 35.5. The third-order valence-corrected chi connectivity index (χ3v) is 5.34. The minimum atomic E-state index is -0.266. The average molecular weight is 402 g/mol. The minimum Gasteiger partial charge on any atom is -0.350 e. The Hall–Kier alpha value is -2.71. The molecule has 0 spiro atoms. The lowest BCUT2D eigenvalue weighted by Crippen LogP contribution is -2.29. The van der Waals surface area contributed by atoms with Crippen LogP contribution in [0.4, 0.5) is 0 Å². The highest BCUT2D eigenvalue weighted by molar-refractivity contribution is 7.16. The fourth-order valence-corrected chi connectivity index (χ4v) is 3.83. The molecule has 3 aromatic heterocycles. The molecule has 9 heteroatoms. The molecule has 0 aliphatic carbocycles. The van der Waals surface area contributed by atoms with Crippen molar-refractivity contribution < 1.29 is 4.79 Å². The lowest BCUT2D eigenvalue weighted by Gasteiger charge is -2.09. The van der Waals surface area contributed by atoms with Gasteiger partial charge in [0.15, 0.2) is 0 Å². The minimum absolute atomic E-state index is 0.0367. The number of nitrogens with zero attached hydrogens (tertiary/aromatic N) is 4. The van der Waals surface area contributed by atoms with Gasteiger partial charge in [-0.3, -0.25) is 9.59 Å². The van der Waals surface area contributed by atoms with E-state index in [9.17, 15) is 9.59 Å². The van der Waals surface area contributed by atoms with E-state index in [1.165, 1.54) is 15.9 Å². The highest BCUT2D eigenvalue weighted by Gasteiger charge is 2.17. The molecule has 0 unspecified atom stereocenters. The Labute approximate surface area is 163 Å². The van der Waals surface area contributed by atoms with E-state index < -0.39 is 0 Å². The normalized spacial score (nSPS) is 11.4. The number of hydrogen-bond donors (Lipinski definition) is 1. The van der Waals surface area contributed by atoms with E-state index in [-0.39, 0.29) is 18.0 Å². The number of amides is 1. The van der Waals surface area contributed by atoms with Gasteiger partial charge in [0.05, 0.1) is 5.52 Å². The summed E-state index contributed by atoms with van der Waals surface area (Å²) in [5.41, 5.74) is 2.44. The maximum absolute atomic E-state index is 12.8. The summed E-state index contributed by atoms with van der Waals surface area (Å²) in [6.07, 6.45) is 0. The summed E-state index contributed by atoms with van der Waals surface area (Å²) in [5, 5.41) is 8.48. The van der Waals surface area contributed by atoms with Crippen LogP contribution in [-0.4, -0.2) is 25.1 Å². The first-order valence-corrected chi connectivity index (χ1v) is 9.49. The van der Waals surface area contributed by atoms with Crippen molar-refractivity contribution in [1.29, 1.82) is 0 Å². The first-order chi connectivity index (χ1) is 12.9. The van der Waals surface area contributed by atoms with Crippen LogP contribution in [0.15, 0.2) is 35.1 Å². The van der Waals surface area contributed by atoms with Gasteiger partial charge >= 0.3 is 0 Å². The second kappa shape index (κ2) is 6.79. The van der Waals surface area contributed by atoms with E-state index in [1.54, 1.807) is 16.7 Å². The Balaban J connectivity index is 1.62.